The minimum Gasteiger partial charge on any atom is -0.486 e. The number of urea groups is 1. The Balaban J connectivity index is 1.68. The molecule has 0 radical (unpaired) electrons. The molecule has 5 heteroatoms. The predicted molar refractivity (Wildman–Crippen MR) is 96.9 cm³/mol. The van der Waals surface area contributed by atoms with Gasteiger partial charge in [0.2, 0.25) is 0 Å². The normalized spacial score (nSPS) is 13.2. The number of amides is 2. The fourth-order valence-corrected chi connectivity index (χ4v) is 2.80. The fourth-order valence-electron chi connectivity index (χ4n) is 2.80. The van der Waals surface area contributed by atoms with Gasteiger partial charge in [0, 0.05) is 13.6 Å². The fraction of sp³-hybridized carbons (Fsp3) is 0.350. The van der Waals surface area contributed by atoms with E-state index in [9.17, 15) is 4.79 Å². The van der Waals surface area contributed by atoms with E-state index >= 15 is 0 Å². The van der Waals surface area contributed by atoms with Crippen molar-refractivity contribution in [3.05, 3.63) is 59.7 Å². The molecule has 5 nitrogen and oxygen atoms in total. The van der Waals surface area contributed by atoms with Crippen LogP contribution in [0.25, 0.3) is 0 Å². The lowest BCUT2D eigenvalue weighted by molar-refractivity contribution is 0.170. The van der Waals surface area contributed by atoms with Gasteiger partial charge in [-0.15, -0.1) is 0 Å². The van der Waals surface area contributed by atoms with Crippen LogP contribution in [0.5, 0.6) is 11.5 Å². The van der Waals surface area contributed by atoms with E-state index in [1.54, 1.807) is 11.9 Å². The largest absolute Gasteiger partial charge is 0.486 e. The van der Waals surface area contributed by atoms with Crippen LogP contribution in [-0.4, -0.2) is 31.2 Å². The van der Waals surface area contributed by atoms with Gasteiger partial charge in [-0.1, -0.05) is 36.4 Å². The van der Waals surface area contributed by atoms with Crippen molar-refractivity contribution < 1.29 is 14.3 Å². The SMILES string of the molecule is CN(Cc1ccccc1)C(=O)NC(C)(C)c1ccc2c(c1)OCCO2. The van der Waals surface area contributed by atoms with Crippen molar-refractivity contribution in [2.75, 3.05) is 20.3 Å². The van der Waals surface area contributed by atoms with Crippen molar-refractivity contribution in [3.63, 3.8) is 0 Å². The molecule has 132 valence electrons. The summed E-state index contributed by atoms with van der Waals surface area (Å²) in [5.41, 5.74) is 1.54. The summed E-state index contributed by atoms with van der Waals surface area (Å²) in [5, 5.41) is 3.09. The molecule has 25 heavy (non-hydrogen) atoms. The summed E-state index contributed by atoms with van der Waals surface area (Å²) in [6.45, 7) is 5.63. The first-order valence-corrected chi connectivity index (χ1v) is 8.43. The minimum absolute atomic E-state index is 0.122. The summed E-state index contributed by atoms with van der Waals surface area (Å²) in [6, 6.07) is 15.6. The molecular weight excluding hydrogens is 316 g/mol. The highest BCUT2D eigenvalue weighted by atomic mass is 16.6. The van der Waals surface area contributed by atoms with Gasteiger partial charge in [-0.3, -0.25) is 0 Å². The maximum Gasteiger partial charge on any atom is 0.318 e. The molecule has 0 bridgehead atoms. The Hall–Kier alpha value is -2.69. The highest BCUT2D eigenvalue weighted by Gasteiger charge is 2.26. The van der Waals surface area contributed by atoms with Crippen LogP contribution in [0.2, 0.25) is 0 Å². The topological polar surface area (TPSA) is 50.8 Å². The van der Waals surface area contributed by atoms with Gasteiger partial charge < -0.3 is 19.7 Å². The summed E-state index contributed by atoms with van der Waals surface area (Å²) < 4.78 is 11.2. The molecule has 2 aromatic rings. The zero-order chi connectivity index (χ0) is 17.9. The molecule has 0 unspecified atom stereocenters. The van der Waals surface area contributed by atoms with Gasteiger partial charge >= 0.3 is 6.03 Å². The van der Waals surface area contributed by atoms with Gasteiger partial charge in [0.15, 0.2) is 11.5 Å². The first-order chi connectivity index (χ1) is 12.0. The molecule has 1 N–H and O–H groups in total. The third-order valence-corrected chi connectivity index (χ3v) is 4.29. The molecule has 0 atom stereocenters. The quantitative estimate of drug-likeness (QED) is 0.926. The number of nitrogens with one attached hydrogen (secondary N) is 1. The van der Waals surface area contributed by atoms with Crippen LogP contribution in [0.4, 0.5) is 4.79 Å². The molecule has 0 spiro atoms. The number of rotatable bonds is 4. The van der Waals surface area contributed by atoms with Crippen molar-refractivity contribution in [3.8, 4) is 11.5 Å². The number of hydrogen-bond donors (Lipinski definition) is 1. The van der Waals surface area contributed by atoms with E-state index in [0.717, 1.165) is 22.6 Å². The maximum absolute atomic E-state index is 12.6. The first kappa shape index (κ1) is 17.1. The zero-order valence-electron chi connectivity index (χ0n) is 14.9. The third-order valence-electron chi connectivity index (χ3n) is 4.29. The summed E-state index contributed by atoms with van der Waals surface area (Å²) in [7, 11) is 1.79. The summed E-state index contributed by atoms with van der Waals surface area (Å²) in [4.78, 5) is 14.3. The smallest absolute Gasteiger partial charge is 0.318 e. The van der Waals surface area contributed by atoms with Crippen molar-refractivity contribution in [2.24, 2.45) is 0 Å². The van der Waals surface area contributed by atoms with Crippen LogP contribution in [0, 0.1) is 0 Å². The van der Waals surface area contributed by atoms with Gasteiger partial charge in [-0.25, -0.2) is 4.79 Å². The Morgan fingerprint density at radius 3 is 2.48 bits per heavy atom. The Morgan fingerprint density at radius 2 is 1.76 bits per heavy atom. The highest BCUT2D eigenvalue weighted by molar-refractivity contribution is 5.75. The molecule has 1 aliphatic heterocycles. The van der Waals surface area contributed by atoms with Crippen molar-refractivity contribution in [1.29, 1.82) is 0 Å². The maximum atomic E-state index is 12.6. The van der Waals surface area contributed by atoms with E-state index in [4.69, 9.17) is 9.47 Å². The molecule has 2 amide bonds. The van der Waals surface area contributed by atoms with Crippen LogP contribution >= 0.6 is 0 Å². The van der Waals surface area contributed by atoms with Crippen LogP contribution < -0.4 is 14.8 Å². The molecule has 3 rings (SSSR count). The van der Waals surface area contributed by atoms with E-state index in [-0.39, 0.29) is 6.03 Å². The lowest BCUT2D eigenvalue weighted by atomic mass is 9.94. The van der Waals surface area contributed by atoms with Crippen molar-refractivity contribution >= 4 is 6.03 Å². The molecule has 0 saturated carbocycles. The molecule has 0 aromatic heterocycles. The van der Waals surface area contributed by atoms with E-state index in [2.05, 4.69) is 5.32 Å². The van der Waals surface area contributed by atoms with Gasteiger partial charge in [0.1, 0.15) is 13.2 Å². The van der Waals surface area contributed by atoms with E-state index in [1.807, 2.05) is 62.4 Å². The number of ether oxygens (including phenoxy) is 2. The average molecular weight is 340 g/mol. The van der Waals surface area contributed by atoms with Gasteiger partial charge in [-0.2, -0.15) is 0 Å². The predicted octanol–water partition coefficient (Wildman–Crippen LogP) is 3.53. The Morgan fingerprint density at radius 1 is 1.08 bits per heavy atom. The molecule has 0 saturated heterocycles. The van der Waals surface area contributed by atoms with E-state index in [0.29, 0.717) is 19.8 Å². The Labute approximate surface area is 148 Å². The van der Waals surface area contributed by atoms with Gasteiger partial charge in [-0.05, 0) is 37.1 Å². The van der Waals surface area contributed by atoms with Crippen LogP contribution in [0.3, 0.4) is 0 Å². The molecule has 1 heterocycles. The van der Waals surface area contributed by atoms with Crippen LogP contribution in [-0.2, 0) is 12.1 Å². The van der Waals surface area contributed by atoms with Gasteiger partial charge in [0.25, 0.3) is 0 Å². The average Bonchev–Trinajstić information content (AvgIpc) is 2.61. The number of carbonyl (C=O) groups excluding carboxylic acids is 1. The lowest BCUT2D eigenvalue weighted by Crippen LogP contribution is -2.46. The molecule has 1 aliphatic rings. The molecule has 0 fully saturated rings. The lowest BCUT2D eigenvalue weighted by Gasteiger charge is -2.31. The Bertz CT molecular complexity index is 744. The minimum atomic E-state index is -0.530. The highest BCUT2D eigenvalue weighted by Crippen LogP contribution is 2.34. The van der Waals surface area contributed by atoms with Crippen LogP contribution in [0.15, 0.2) is 48.5 Å². The second-order valence-corrected chi connectivity index (χ2v) is 6.76. The van der Waals surface area contributed by atoms with E-state index < -0.39 is 5.54 Å². The second kappa shape index (κ2) is 7.05. The van der Waals surface area contributed by atoms with Crippen molar-refractivity contribution in [2.45, 2.75) is 25.9 Å². The van der Waals surface area contributed by atoms with Gasteiger partial charge in [0.05, 0.1) is 5.54 Å². The molecular formula is C20H24N2O3. The summed E-state index contributed by atoms with van der Waals surface area (Å²) in [5.74, 6) is 1.47. The number of benzene rings is 2. The summed E-state index contributed by atoms with van der Waals surface area (Å²) in [6.07, 6.45) is 0. The van der Waals surface area contributed by atoms with E-state index in [1.165, 1.54) is 0 Å². The summed E-state index contributed by atoms with van der Waals surface area (Å²) >= 11 is 0. The standard InChI is InChI=1S/C20H24N2O3/c1-20(2,16-9-10-17-18(13-16)25-12-11-24-17)21-19(23)22(3)14-15-7-5-4-6-8-15/h4-10,13H,11-12,14H2,1-3H3,(H,21,23). The Kier molecular flexibility index (Phi) is 4.83. The van der Waals surface area contributed by atoms with Crippen LogP contribution in [0.1, 0.15) is 25.0 Å². The number of hydrogen-bond acceptors (Lipinski definition) is 3. The zero-order valence-corrected chi connectivity index (χ0v) is 14.9. The molecule has 0 aliphatic carbocycles. The number of nitrogens with zero attached hydrogens (tertiary/aromatic N) is 1. The second-order valence-electron chi connectivity index (χ2n) is 6.76. The number of fused-ring (bicyclic) bond motifs is 1. The van der Waals surface area contributed by atoms with Crippen molar-refractivity contribution in [1.82, 2.24) is 10.2 Å². The molecule has 2 aromatic carbocycles. The first-order valence-electron chi connectivity index (χ1n) is 8.43. The number of carbonyl (C=O) groups is 1. The third kappa shape index (κ3) is 4.05. The monoisotopic (exact) mass is 340 g/mol.